The SMILES string of the molecule is CC(C)CC(C)C.CC(C)Cc1ccccc1.Cc1ccc(CC(C)C)cc1. The maximum absolute atomic E-state index is 2.26. The van der Waals surface area contributed by atoms with Gasteiger partial charge >= 0.3 is 0 Å². The van der Waals surface area contributed by atoms with Gasteiger partial charge in [-0.05, 0) is 61.0 Å². The molecule has 2 aromatic carbocycles. The monoisotopic (exact) mass is 382 g/mol. The van der Waals surface area contributed by atoms with Gasteiger partial charge in [-0.3, -0.25) is 0 Å². The Hall–Kier alpha value is -1.56. The van der Waals surface area contributed by atoms with Crippen molar-refractivity contribution in [3.63, 3.8) is 0 Å². The molecule has 0 saturated heterocycles. The summed E-state index contributed by atoms with van der Waals surface area (Å²) < 4.78 is 0. The molecule has 0 aromatic heterocycles. The summed E-state index contributed by atoms with van der Waals surface area (Å²) in [6, 6.07) is 19.4. The summed E-state index contributed by atoms with van der Waals surface area (Å²) in [5.74, 6) is 3.28. The maximum Gasteiger partial charge on any atom is -0.0256 e. The van der Waals surface area contributed by atoms with Crippen molar-refractivity contribution in [2.75, 3.05) is 0 Å². The average molecular weight is 383 g/mol. The van der Waals surface area contributed by atoms with Crippen LogP contribution >= 0.6 is 0 Å². The second-order valence-electron chi connectivity index (χ2n) is 9.69. The van der Waals surface area contributed by atoms with Crippen LogP contribution in [0.1, 0.15) is 78.5 Å². The van der Waals surface area contributed by atoms with Crippen LogP contribution in [-0.4, -0.2) is 0 Å². The second-order valence-corrected chi connectivity index (χ2v) is 9.69. The number of rotatable bonds is 6. The Labute approximate surface area is 176 Å². The Kier molecular flexibility index (Phi) is 14.5. The lowest BCUT2D eigenvalue weighted by molar-refractivity contribution is 0.469. The molecule has 0 unspecified atom stereocenters. The van der Waals surface area contributed by atoms with Gasteiger partial charge in [0.15, 0.2) is 0 Å². The van der Waals surface area contributed by atoms with Crippen molar-refractivity contribution in [3.05, 3.63) is 71.3 Å². The highest BCUT2D eigenvalue weighted by Gasteiger charge is 1.96. The van der Waals surface area contributed by atoms with Crippen LogP contribution in [0.2, 0.25) is 0 Å². The highest BCUT2D eigenvalue weighted by Crippen LogP contribution is 2.09. The van der Waals surface area contributed by atoms with Crippen LogP contribution in [-0.2, 0) is 12.8 Å². The minimum atomic E-state index is 0.762. The molecule has 0 spiro atoms. The molecule has 0 fully saturated rings. The smallest absolute Gasteiger partial charge is 0.0256 e. The van der Waals surface area contributed by atoms with Crippen molar-refractivity contribution >= 4 is 0 Å². The zero-order chi connectivity index (χ0) is 21.5. The fourth-order valence-electron chi connectivity index (χ4n) is 3.22. The van der Waals surface area contributed by atoms with Crippen molar-refractivity contribution < 1.29 is 0 Å². The van der Waals surface area contributed by atoms with Crippen LogP contribution in [0.3, 0.4) is 0 Å². The molecule has 0 heteroatoms. The fourth-order valence-corrected chi connectivity index (χ4v) is 3.22. The molecular formula is C28H46. The van der Waals surface area contributed by atoms with E-state index in [-0.39, 0.29) is 0 Å². The molecule has 0 aliphatic rings. The van der Waals surface area contributed by atoms with E-state index in [4.69, 9.17) is 0 Å². The summed E-state index contributed by atoms with van der Waals surface area (Å²) in [7, 11) is 0. The molecule has 0 N–H and O–H groups in total. The van der Waals surface area contributed by atoms with Crippen LogP contribution in [0.4, 0.5) is 0 Å². The van der Waals surface area contributed by atoms with Crippen molar-refractivity contribution in [2.45, 2.75) is 81.6 Å². The Bertz CT molecular complexity index is 567. The van der Waals surface area contributed by atoms with E-state index in [0.29, 0.717) is 0 Å². The first-order chi connectivity index (χ1) is 13.1. The van der Waals surface area contributed by atoms with Crippen molar-refractivity contribution in [1.29, 1.82) is 0 Å². The maximum atomic E-state index is 2.26. The van der Waals surface area contributed by atoms with E-state index < -0.39 is 0 Å². The number of hydrogen-bond donors (Lipinski definition) is 0. The van der Waals surface area contributed by atoms with E-state index in [1.165, 1.54) is 36.0 Å². The molecule has 0 bridgehead atoms. The molecule has 2 aromatic rings. The third kappa shape index (κ3) is 16.6. The number of hydrogen-bond acceptors (Lipinski definition) is 0. The van der Waals surface area contributed by atoms with Gasteiger partial charge in [-0.15, -0.1) is 0 Å². The van der Waals surface area contributed by atoms with Crippen LogP contribution in [0.25, 0.3) is 0 Å². The topological polar surface area (TPSA) is 0 Å². The second kappa shape index (κ2) is 15.4. The van der Waals surface area contributed by atoms with Gasteiger partial charge in [0.2, 0.25) is 0 Å². The summed E-state index contributed by atoms with van der Waals surface area (Å²) >= 11 is 0. The van der Waals surface area contributed by atoms with Gasteiger partial charge in [0.1, 0.15) is 0 Å². The Balaban J connectivity index is 0.000000402. The Morgan fingerprint density at radius 2 is 0.893 bits per heavy atom. The molecule has 158 valence electrons. The Morgan fingerprint density at radius 1 is 0.500 bits per heavy atom. The van der Waals surface area contributed by atoms with Gasteiger partial charge in [-0.2, -0.15) is 0 Å². The van der Waals surface area contributed by atoms with Crippen LogP contribution in [0.15, 0.2) is 54.6 Å². The largest absolute Gasteiger partial charge is 0.0628 e. The van der Waals surface area contributed by atoms with Crippen molar-refractivity contribution in [3.8, 4) is 0 Å². The van der Waals surface area contributed by atoms with E-state index in [2.05, 4.69) is 117 Å². The van der Waals surface area contributed by atoms with Gasteiger partial charge in [-0.1, -0.05) is 116 Å². The van der Waals surface area contributed by atoms with Gasteiger partial charge in [0, 0.05) is 0 Å². The van der Waals surface area contributed by atoms with Gasteiger partial charge < -0.3 is 0 Å². The van der Waals surface area contributed by atoms with Crippen molar-refractivity contribution in [1.82, 2.24) is 0 Å². The molecule has 0 saturated carbocycles. The standard InChI is InChI=1S/C11H16.C10H14.C7H16/c1-9(2)8-11-6-4-10(3)5-7-11;1-9(2)8-10-6-4-3-5-7-10;1-6(2)5-7(3)4/h4-7,9H,8H2,1-3H3;3-7,9H,8H2,1-2H3;6-7H,5H2,1-4H3. The van der Waals surface area contributed by atoms with Crippen LogP contribution < -0.4 is 0 Å². The molecule has 0 nitrogen and oxygen atoms in total. The van der Waals surface area contributed by atoms with E-state index in [1.807, 2.05) is 0 Å². The van der Waals surface area contributed by atoms with Crippen LogP contribution in [0, 0.1) is 30.6 Å². The van der Waals surface area contributed by atoms with Gasteiger partial charge in [0.05, 0.1) is 0 Å². The Morgan fingerprint density at radius 3 is 1.21 bits per heavy atom. The summed E-state index contributed by atoms with van der Waals surface area (Å²) in [5, 5.41) is 0. The zero-order valence-electron chi connectivity index (χ0n) is 20.1. The minimum absolute atomic E-state index is 0.762. The predicted octanol–water partition coefficient (Wildman–Crippen LogP) is 8.77. The summed E-state index contributed by atoms with van der Waals surface area (Å²) in [6.07, 6.45) is 3.75. The first-order valence-electron chi connectivity index (χ1n) is 11.2. The van der Waals surface area contributed by atoms with Gasteiger partial charge in [-0.25, -0.2) is 0 Å². The lowest BCUT2D eigenvalue weighted by Crippen LogP contribution is -1.93. The van der Waals surface area contributed by atoms with E-state index in [9.17, 15) is 0 Å². The molecule has 0 aliphatic carbocycles. The molecule has 0 atom stereocenters. The zero-order valence-corrected chi connectivity index (χ0v) is 20.1. The molecule has 28 heavy (non-hydrogen) atoms. The summed E-state index contributed by atoms with van der Waals surface area (Å²) in [4.78, 5) is 0. The predicted molar refractivity (Wildman–Crippen MR) is 129 cm³/mol. The number of benzene rings is 2. The normalized spacial score (nSPS) is 10.6. The lowest BCUT2D eigenvalue weighted by Gasteiger charge is -2.05. The highest BCUT2D eigenvalue weighted by atomic mass is 14.0. The van der Waals surface area contributed by atoms with E-state index in [1.54, 1.807) is 0 Å². The molecule has 0 radical (unpaired) electrons. The third-order valence-corrected chi connectivity index (χ3v) is 4.19. The fraction of sp³-hybridized carbons (Fsp3) is 0.571. The highest BCUT2D eigenvalue weighted by molar-refractivity contribution is 5.21. The van der Waals surface area contributed by atoms with E-state index >= 15 is 0 Å². The third-order valence-electron chi connectivity index (χ3n) is 4.19. The molecule has 0 aliphatic heterocycles. The van der Waals surface area contributed by atoms with Crippen LogP contribution in [0.5, 0.6) is 0 Å². The lowest BCUT2D eigenvalue weighted by atomic mass is 10.0. The van der Waals surface area contributed by atoms with Crippen molar-refractivity contribution in [2.24, 2.45) is 23.7 Å². The molecule has 2 rings (SSSR count). The quantitative estimate of drug-likeness (QED) is 0.468. The average Bonchev–Trinajstić information content (AvgIpc) is 2.57. The first-order valence-corrected chi connectivity index (χ1v) is 11.2. The first kappa shape index (κ1) is 26.4. The molecule has 0 amide bonds. The summed E-state index contributed by atoms with van der Waals surface area (Å²) in [6.45, 7) is 20.2. The summed E-state index contributed by atoms with van der Waals surface area (Å²) in [5.41, 5.74) is 4.24. The molecular weight excluding hydrogens is 336 g/mol. The van der Waals surface area contributed by atoms with Gasteiger partial charge in [0.25, 0.3) is 0 Å². The van der Waals surface area contributed by atoms with E-state index in [0.717, 1.165) is 23.7 Å². The molecule has 0 heterocycles. The number of aryl methyl sites for hydroxylation is 1. The minimum Gasteiger partial charge on any atom is -0.0628 e.